The van der Waals surface area contributed by atoms with E-state index in [2.05, 4.69) is 46.1 Å². The number of anilines is 1. The van der Waals surface area contributed by atoms with E-state index in [1.165, 1.54) is 75.3 Å². The number of H-pyrrole nitrogens is 1. The fraction of sp³-hybridized carbons (Fsp3) is 0. The van der Waals surface area contributed by atoms with Crippen LogP contribution in [0, 0.1) is 81.5 Å². The minimum atomic E-state index is -0.747. The van der Waals surface area contributed by atoms with Gasteiger partial charge >= 0.3 is 0 Å². The number of hydrogen-bond donors (Lipinski definition) is 2. The lowest BCUT2D eigenvalue weighted by Gasteiger charge is -2.02. The highest BCUT2D eigenvalue weighted by atomic mass is 19.1. The maximum absolute atomic E-state index is 12.6. The van der Waals surface area contributed by atoms with Crippen LogP contribution >= 0.6 is 0 Å². The Kier molecular flexibility index (Phi) is 16.0. The number of aromatic amines is 1. The molecule has 310 valence electrons. The number of benzene rings is 4. The summed E-state index contributed by atoms with van der Waals surface area (Å²) < 4.78 is 14.0. The van der Waals surface area contributed by atoms with Crippen molar-refractivity contribution in [1.82, 2.24) is 60.4 Å². The Bertz CT molecular complexity index is 2850. The van der Waals surface area contributed by atoms with Gasteiger partial charge in [-0.2, -0.15) is 66.4 Å². The molecule has 8 rings (SSSR count). The third-order valence-corrected chi connectivity index (χ3v) is 7.31. The van der Waals surface area contributed by atoms with Crippen LogP contribution in [0.25, 0.3) is 17.1 Å². The second-order valence-electron chi connectivity index (χ2n) is 11.2. The van der Waals surface area contributed by atoms with E-state index in [9.17, 15) is 34.7 Å². The number of hydrogen-bond acceptors (Lipinski definition) is 19. The Hall–Kier alpha value is -10.7. The molecule has 26 nitrogen and oxygen atoms in total. The number of nitriles is 4. The monoisotopic (exact) mass is 850 g/mol. The molecule has 0 atom stereocenters. The summed E-state index contributed by atoms with van der Waals surface area (Å²) in [5.41, 5.74) is 7.56. The molecular formula is C36H23FN20O6. The lowest BCUT2D eigenvalue weighted by atomic mass is 10.2. The van der Waals surface area contributed by atoms with E-state index in [4.69, 9.17) is 26.8 Å². The van der Waals surface area contributed by atoms with Crippen LogP contribution in [0.15, 0.2) is 122 Å². The van der Waals surface area contributed by atoms with E-state index in [1.54, 1.807) is 49.2 Å². The Morgan fingerprint density at radius 3 is 1.38 bits per heavy atom. The fourth-order valence-corrected chi connectivity index (χ4v) is 4.54. The van der Waals surface area contributed by atoms with Gasteiger partial charge in [-0.25, -0.2) is 9.07 Å². The van der Waals surface area contributed by atoms with Gasteiger partial charge in [-0.05, 0) is 36.4 Å². The van der Waals surface area contributed by atoms with Gasteiger partial charge in [0.1, 0.15) is 41.5 Å². The average Bonchev–Trinajstić information content (AvgIpc) is 4.16. The van der Waals surface area contributed by atoms with Crippen molar-refractivity contribution in [2.45, 2.75) is 0 Å². The van der Waals surface area contributed by atoms with Gasteiger partial charge in [0.05, 0.1) is 92.3 Å². The number of nitro groups is 3. The predicted octanol–water partition coefficient (Wildman–Crippen LogP) is 4.23. The van der Waals surface area contributed by atoms with Crippen LogP contribution in [0.3, 0.4) is 0 Å². The Balaban J connectivity index is 0.000000178. The highest BCUT2D eigenvalue weighted by Gasteiger charge is 2.14. The number of nitrogens with one attached hydrogen (secondary N) is 1. The molecule has 0 unspecified atom stereocenters. The Labute approximate surface area is 350 Å². The summed E-state index contributed by atoms with van der Waals surface area (Å²) >= 11 is 0. The summed E-state index contributed by atoms with van der Waals surface area (Å²) in [5.74, 6) is -0.747. The van der Waals surface area contributed by atoms with Crippen LogP contribution in [0.4, 0.5) is 27.1 Å². The van der Waals surface area contributed by atoms with Crippen LogP contribution in [-0.4, -0.2) is 75.2 Å². The predicted molar refractivity (Wildman–Crippen MR) is 210 cm³/mol. The number of nitrogen functional groups attached to an aromatic ring is 1. The van der Waals surface area contributed by atoms with Crippen LogP contribution in [-0.2, 0) is 0 Å². The number of nitrogens with zero attached hydrogens (tertiary/aromatic N) is 18. The molecule has 0 spiro atoms. The fourth-order valence-electron chi connectivity index (χ4n) is 4.54. The smallest absolute Gasteiger partial charge is 0.270 e. The molecule has 63 heavy (non-hydrogen) atoms. The molecule has 27 heteroatoms. The van der Waals surface area contributed by atoms with Crippen LogP contribution in [0.5, 0.6) is 0 Å². The normalized spacial score (nSPS) is 9.41. The zero-order valence-corrected chi connectivity index (χ0v) is 31.5. The first-order chi connectivity index (χ1) is 30.4. The van der Waals surface area contributed by atoms with Gasteiger partial charge in [-0.15, -0.1) is 5.10 Å². The van der Waals surface area contributed by atoms with E-state index in [-0.39, 0.29) is 33.8 Å². The maximum Gasteiger partial charge on any atom is 0.270 e. The zero-order valence-electron chi connectivity index (χ0n) is 31.5. The second kappa shape index (κ2) is 22.3. The molecule has 4 heterocycles. The lowest BCUT2D eigenvalue weighted by molar-refractivity contribution is -0.385. The van der Waals surface area contributed by atoms with E-state index in [0.717, 1.165) is 18.2 Å². The number of nitrogens with two attached hydrogens (primary N) is 1. The summed E-state index contributed by atoms with van der Waals surface area (Å²) in [6.07, 6.45) is 12.2. The average molecular weight is 851 g/mol. The van der Waals surface area contributed by atoms with Crippen LogP contribution < -0.4 is 5.73 Å². The summed E-state index contributed by atoms with van der Waals surface area (Å²) in [4.78, 5) is 32.0. The van der Waals surface area contributed by atoms with Crippen LogP contribution in [0.2, 0.25) is 0 Å². The highest BCUT2D eigenvalue weighted by Crippen LogP contribution is 2.21. The van der Waals surface area contributed by atoms with E-state index >= 15 is 0 Å². The quantitative estimate of drug-likeness (QED) is 0.134. The van der Waals surface area contributed by atoms with Crippen molar-refractivity contribution in [3.8, 4) is 41.3 Å². The molecule has 0 aliphatic heterocycles. The molecule has 0 saturated heterocycles. The number of halogens is 1. The highest BCUT2D eigenvalue weighted by molar-refractivity contribution is 5.56. The molecule has 0 aliphatic rings. The minimum absolute atomic E-state index is 0.125. The van der Waals surface area contributed by atoms with Crippen molar-refractivity contribution in [2.75, 3.05) is 5.73 Å². The number of rotatable bonds is 6. The van der Waals surface area contributed by atoms with Crippen LogP contribution in [0.1, 0.15) is 22.3 Å². The molecule has 4 aromatic carbocycles. The van der Waals surface area contributed by atoms with Gasteiger partial charge in [0.2, 0.25) is 0 Å². The van der Waals surface area contributed by atoms with Gasteiger partial charge in [0, 0.05) is 42.1 Å². The number of non-ortho nitro benzene ring substituents is 3. The summed E-state index contributed by atoms with van der Waals surface area (Å²) in [6, 6.07) is 23.1. The van der Waals surface area contributed by atoms with Crippen molar-refractivity contribution < 1.29 is 19.2 Å². The third kappa shape index (κ3) is 12.7. The molecule has 0 bridgehead atoms. The second-order valence-corrected chi connectivity index (χ2v) is 11.2. The van der Waals surface area contributed by atoms with Crippen molar-refractivity contribution in [2.24, 2.45) is 0 Å². The van der Waals surface area contributed by atoms with E-state index in [1.807, 2.05) is 18.2 Å². The SMILES string of the molecule is N#Cc1cc(N)ccc1-n1nccn1.N#Cc1cc([N+](=O)[O-])ccc1-n1ccnn1.N#Cc1cc([N+](=O)[O-])ccc1-n1nccn1.N#Cc1cc([N+](=O)[O-])ccc1F.c1cn[nH]n1. The largest absolute Gasteiger partial charge is 0.399 e. The van der Waals surface area contributed by atoms with Gasteiger partial charge < -0.3 is 5.73 Å². The molecular weight excluding hydrogens is 828 g/mol. The Morgan fingerprint density at radius 1 is 0.556 bits per heavy atom. The Morgan fingerprint density at radius 2 is 0.968 bits per heavy atom. The van der Waals surface area contributed by atoms with E-state index < -0.39 is 20.6 Å². The topological polar surface area (TPSA) is 384 Å². The summed E-state index contributed by atoms with van der Waals surface area (Å²) in [5, 5.41) is 98.4. The summed E-state index contributed by atoms with van der Waals surface area (Å²) in [7, 11) is 0. The molecule has 0 radical (unpaired) electrons. The third-order valence-electron chi connectivity index (χ3n) is 7.31. The molecule has 3 N–H and O–H groups in total. The van der Waals surface area contributed by atoms with E-state index in [0.29, 0.717) is 28.3 Å². The molecule has 0 saturated carbocycles. The zero-order chi connectivity index (χ0) is 45.7. The lowest BCUT2D eigenvalue weighted by Crippen LogP contribution is -2.02. The van der Waals surface area contributed by atoms with Crippen molar-refractivity contribution in [3.05, 3.63) is 181 Å². The minimum Gasteiger partial charge on any atom is -0.399 e. The number of nitro benzene ring substituents is 3. The summed E-state index contributed by atoms with van der Waals surface area (Å²) in [6.45, 7) is 0. The first kappa shape index (κ1) is 45.0. The first-order valence-corrected chi connectivity index (χ1v) is 16.8. The first-order valence-electron chi connectivity index (χ1n) is 16.8. The van der Waals surface area contributed by atoms with Gasteiger partial charge in [0.25, 0.3) is 17.1 Å². The van der Waals surface area contributed by atoms with Crippen molar-refractivity contribution in [3.63, 3.8) is 0 Å². The van der Waals surface area contributed by atoms with Crippen molar-refractivity contribution >= 4 is 22.7 Å². The molecule has 8 aromatic rings. The molecule has 4 aromatic heterocycles. The van der Waals surface area contributed by atoms with Gasteiger partial charge in [0.15, 0.2) is 0 Å². The number of aromatic nitrogens is 12. The molecule has 0 amide bonds. The maximum atomic E-state index is 12.6. The van der Waals surface area contributed by atoms with Gasteiger partial charge in [-0.1, -0.05) is 5.21 Å². The molecule has 0 fully saturated rings. The standard InChI is InChI=1S/2C9H5N5O2.C9H7N5.C7H3FN2O2.C2H3N3/c10-6-7-5-8(14(15)16)1-2-9(7)13-4-3-11-12-13;10-6-7-5-8(14(15)16)1-2-9(7)13-11-3-4-12-13;10-6-7-5-8(11)1-2-9(7)14-12-3-4-13-14;8-7-2-1-6(10(11)12)3-5(7)4-9;1-2-4-5-3-1/h2*1-5H;1-5H,11H2;1-3H;1-2H,(H,3,4,5). The van der Waals surface area contributed by atoms with Gasteiger partial charge in [-0.3, -0.25) is 30.3 Å². The molecule has 0 aliphatic carbocycles. The van der Waals surface area contributed by atoms with Crippen molar-refractivity contribution in [1.29, 1.82) is 21.0 Å².